The van der Waals surface area contributed by atoms with Crippen molar-refractivity contribution in [2.45, 2.75) is 0 Å². The third kappa shape index (κ3) is 3.78. The highest BCUT2D eigenvalue weighted by molar-refractivity contribution is 6.31. The van der Waals surface area contributed by atoms with Crippen LogP contribution in [0.4, 0.5) is 0 Å². The maximum absolute atomic E-state index is 12.1. The molecule has 2 aromatic rings. The monoisotopic (exact) mass is 369 g/mol. The standard InChI is InChI=1S/C20H16ClNO4/c1-24-17-9-4-3-6-13(17)7-5-8-16-20(23)26-19(22-16)15-12-14(21)10-11-18(15)25-2/h3-12H,1-2H3/b7-5+,16-8+. The number of benzene rings is 2. The molecule has 5 nitrogen and oxygen atoms in total. The highest BCUT2D eigenvalue weighted by Gasteiger charge is 2.26. The SMILES string of the molecule is COc1ccccc1/C=C/C=C1/N=C(c2cc(Cl)ccc2OC)OC1=O. The molecule has 0 radical (unpaired) electrons. The van der Waals surface area contributed by atoms with E-state index in [1.165, 1.54) is 7.11 Å². The highest BCUT2D eigenvalue weighted by atomic mass is 35.5. The Labute approximate surface area is 156 Å². The lowest BCUT2D eigenvalue weighted by Crippen LogP contribution is -2.07. The van der Waals surface area contributed by atoms with Crippen LogP contribution in [0.15, 0.2) is 65.3 Å². The molecule has 0 saturated heterocycles. The molecule has 0 amide bonds. The Balaban J connectivity index is 1.87. The first-order chi connectivity index (χ1) is 12.6. The van der Waals surface area contributed by atoms with Crippen molar-refractivity contribution in [2.75, 3.05) is 14.2 Å². The summed E-state index contributed by atoms with van der Waals surface area (Å²) in [5.41, 5.74) is 1.59. The number of carbonyl (C=O) groups excluding carboxylic acids is 1. The molecule has 2 aromatic carbocycles. The average Bonchev–Trinajstić information content (AvgIpc) is 3.03. The summed E-state index contributed by atoms with van der Waals surface area (Å²) in [4.78, 5) is 16.3. The number of cyclic esters (lactones) is 1. The molecule has 0 bridgehead atoms. The molecule has 26 heavy (non-hydrogen) atoms. The summed E-state index contributed by atoms with van der Waals surface area (Å²) in [7, 11) is 3.13. The van der Waals surface area contributed by atoms with Crippen molar-refractivity contribution in [3.05, 3.63) is 76.5 Å². The van der Waals surface area contributed by atoms with Crippen LogP contribution in [0.1, 0.15) is 11.1 Å². The third-order valence-corrected chi connectivity index (χ3v) is 3.92. The van der Waals surface area contributed by atoms with Gasteiger partial charge in [-0.3, -0.25) is 0 Å². The van der Waals surface area contributed by atoms with Gasteiger partial charge < -0.3 is 14.2 Å². The Hall–Kier alpha value is -3.05. The Morgan fingerprint density at radius 1 is 1.08 bits per heavy atom. The lowest BCUT2D eigenvalue weighted by molar-refractivity contribution is -0.130. The molecule has 1 heterocycles. The van der Waals surface area contributed by atoms with E-state index in [2.05, 4.69) is 4.99 Å². The van der Waals surface area contributed by atoms with Crippen LogP contribution < -0.4 is 9.47 Å². The van der Waals surface area contributed by atoms with Crippen LogP contribution in [0.2, 0.25) is 5.02 Å². The molecule has 0 aromatic heterocycles. The normalized spacial score (nSPS) is 15.3. The zero-order valence-electron chi connectivity index (χ0n) is 14.2. The van der Waals surface area contributed by atoms with Gasteiger partial charge in [-0.2, -0.15) is 0 Å². The number of hydrogen-bond donors (Lipinski definition) is 0. The van der Waals surface area contributed by atoms with Gasteiger partial charge in [0.2, 0.25) is 5.90 Å². The van der Waals surface area contributed by atoms with Crippen molar-refractivity contribution in [1.29, 1.82) is 0 Å². The topological polar surface area (TPSA) is 57.1 Å². The van der Waals surface area contributed by atoms with Crippen LogP contribution in [0.3, 0.4) is 0 Å². The van der Waals surface area contributed by atoms with Crippen LogP contribution in [-0.4, -0.2) is 26.1 Å². The van der Waals surface area contributed by atoms with Crippen molar-refractivity contribution < 1.29 is 19.0 Å². The molecule has 0 aliphatic carbocycles. The van der Waals surface area contributed by atoms with Crippen molar-refractivity contribution in [1.82, 2.24) is 0 Å². The number of methoxy groups -OCH3 is 2. The van der Waals surface area contributed by atoms with Gasteiger partial charge in [0.05, 0.1) is 19.8 Å². The van der Waals surface area contributed by atoms with Gasteiger partial charge in [-0.15, -0.1) is 0 Å². The number of para-hydroxylation sites is 1. The highest BCUT2D eigenvalue weighted by Crippen LogP contribution is 2.27. The minimum absolute atomic E-state index is 0.159. The molecule has 0 saturated carbocycles. The predicted molar refractivity (Wildman–Crippen MR) is 101 cm³/mol. The molecule has 0 spiro atoms. The first-order valence-electron chi connectivity index (χ1n) is 7.78. The number of carbonyl (C=O) groups is 1. The largest absolute Gasteiger partial charge is 0.496 e. The number of rotatable bonds is 5. The summed E-state index contributed by atoms with van der Waals surface area (Å²) in [6, 6.07) is 12.6. The van der Waals surface area contributed by atoms with E-state index in [0.29, 0.717) is 16.3 Å². The van der Waals surface area contributed by atoms with E-state index in [-0.39, 0.29) is 11.6 Å². The van der Waals surface area contributed by atoms with Crippen LogP contribution in [0, 0.1) is 0 Å². The number of esters is 1. The lowest BCUT2D eigenvalue weighted by Gasteiger charge is -2.07. The molecule has 6 heteroatoms. The van der Waals surface area contributed by atoms with Crippen molar-refractivity contribution in [3.8, 4) is 11.5 Å². The second-order valence-corrected chi connectivity index (χ2v) is 5.74. The summed E-state index contributed by atoms with van der Waals surface area (Å²) >= 11 is 6.02. The fourth-order valence-electron chi connectivity index (χ4n) is 2.43. The lowest BCUT2D eigenvalue weighted by atomic mass is 10.2. The van der Waals surface area contributed by atoms with Crippen LogP contribution in [-0.2, 0) is 9.53 Å². The van der Waals surface area contributed by atoms with Crippen LogP contribution in [0.25, 0.3) is 6.08 Å². The molecule has 0 fully saturated rings. The van der Waals surface area contributed by atoms with Crippen molar-refractivity contribution >= 4 is 29.5 Å². The molecule has 132 valence electrons. The molecule has 1 aliphatic rings. The van der Waals surface area contributed by atoms with Gasteiger partial charge in [-0.05, 0) is 30.3 Å². The minimum atomic E-state index is -0.535. The first-order valence-corrected chi connectivity index (χ1v) is 8.16. The van der Waals surface area contributed by atoms with E-state index in [0.717, 1.165) is 11.3 Å². The fraction of sp³-hybridized carbons (Fsp3) is 0.100. The quantitative estimate of drug-likeness (QED) is 0.583. The van der Waals surface area contributed by atoms with E-state index >= 15 is 0 Å². The second-order valence-electron chi connectivity index (χ2n) is 5.30. The Bertz CT molecular complexity index is 931. The van der Waals surface area contributed by atoms with Gasteiger partial charge in [0.25, 0.3) is 0 Å². The van der Waals surface area contributed by atoms with Gasteiger partial charge in [-0.25, -0.2) is 9.79 Å². The first kappa shape index (κ1) is 17.8. The summed E-state index contributed by atoms with van der Waals surface area (Å²) in [6.45, 7) is 0. The number of halogens is 1. The predicted octanol–water partition coefficient (Wildman–Crippen LogP) is 4.26. The van der Waals surface area contributed by atoms with Crippen molar-refractivity contribution in [2.24, 2.45) is 4.99 Å². The smallest absolute Gasteiger partial charge is 0.363 e. The van der Waals surface area contributed by atoms with Crippen LogP contribution >= 0.6 is 11.6 Å². The number of nitrogens with zero attached hydrogens (tertiary/aromatic N) is 1. The molecule has 1 aliphatic heterocycles. The second kappa shape index (κ2) is 7.89. The third-order valence-electron chi connectivity index (χ3n) is 3.68. The van der Waals surface area contributed by atoms with Gasteiger partial charge in [-0.1, -0.05) is 42.0 Å². The minimum Gasteiger partial charge on any atom is -0.496 e. The Kier molecular flexibility index (Phi) is 5.39. The number of ether oxygens (including phenoxy) is 3. The summed E-state index contributed by atoms with van der Waals surface area (Å²) < 4.78 is 15.8. The van der Waals surface area contributed by atoms with E-state index in [4.69, 9.17) is 25.8 Å². The summed E-state index contributed by atoms with van der Waals surface area (Å²) in [5, 5.41) is 0.494. The Morgan fingerprint density at radius 2 is 1.85 bits per heavy atom. The Morgan fingerprint density at radius 3 is 2.62 bits per heavy atom. The van der Waals surface area contributed by atoms with Crippen LogP contribution in [0.5, 0.6) is 11.5 Å². The summed E-state index contributed by atoms with van der Waals surface area (Å²) in [6.07, 6.45) is 5.13. The van der Waals surface area contributed by atoms with Gasteiger partial charge in [0, 0.05) is 10.6 Å². The molecule has 0 N–H and O–H groups in total. The average molecular weight is 370 g/mol. The zero-order chi connectivity index (χ0) is 18.5. The van der Waals surface area contributed by atoms with Gasteiger partial charge in [0.1, 0.15) is 11.5 Å². The van der Waals surface area contributed by atoms with Gasteiger partial charge in [0.15, 0.2) is 5.70 Å². The van der Waals surface area contributed by atoms with Gasteiger partial charge >= 0.3 is 5.97 Å². The van der Waals surface area contributed by atoms with Crippen molar-refractivity contribution in [3.63, 3.8) is 0 Å². The maximum Gasteiger partial charge on any atom is 0.363 e. The molecule has 0 unspecified atom stereocenters. The van der Waals surface area contributed by atoms with E-state index < -0.39 is 5.97 Å². The maximum atomic E-state index is 12.1. The number of allylic oxidation sites excluding steroid dienone is 2. The fourth-order valence-corrected chi connectivity index (χ4v) is 2.60. The molecule has 3 rings (SSSR count). The number of hydrogen-bond acceptors (Lipinski definition) is 5. The molecule has 0 atom stereocenters. The molecular formula is C20H16ClNO4. The molecular weight excluding hydrogens is 354 g/mol. The van der Waals surface area contributed by atoms with E-state index in [1.807, 2.05) is 30.3 Å². The van der Waals surface area contributed by atoms with E-state index in [9.17, 15) is 4.79 Å². The number of aliphatic imine (C=N–C) groups is 1. The zero-order valence-corrected chi connectivity index (χ0v) is 15.0. The summed E-state index contributed by atoms with van der Waals surface area (Å²) in [5.74, 6) is 0.883. The van der Waals surface area contributed by atoms with E-state index in [1.54, 1.807) is 37.5 Å².